The Hall–Kier alpha value is 0.230. The monoisotopic (exact) mass is 204 g/mol. The molecule has 0 aromatic carbocycles. The van der Waals surface area contributed by atoms with Crippen LogP contribution in [0.4, 0.5) is 0 Å². The largest absolute Gasteiger partial charge is 0.396 e. The molecule has 2 rings (SSSR count). The molecule has 76 valence electrons. The summed E-state index contributed by atoms with van der Waals surface area (Å²) < 4.78 is 11.2. The van der Waals surface area contributed by atoms with Crippen LogP contribution in [0.25, 0.3) is 0 Å². The summed E-state index contributed by atoms with van der Waals surface area (Å²) in [6, 6.07) is 0. The third kappa shape index (κ3) is 2.37. The van der Waals surface area contributed by atoms with E-state index >= 15 is 0 Å². The summed E-state index contributed by atoms with van der Waals surface area (Å²) in [7, 11) is 0. The predicted octanol–water partition coefficient (Wildman–Crippen LogP) is 0.863. The topological polar surface area (TPSA) is 38.7 Å². The van der Waals surface area contributed by atoms with Crippen LogP contribution in [-0.2, 0) is 9.47 Å². The van der Waals surface area contributed by atoms with Crippen LogP contribution in [0.2, 0.25) is 0 Å². The molecule has 3 unspecified atom stereocenters. The second kappa shape index (κ2) is 4.64. The zero-order valence-electron chi connectivity index (χ0n) is 7.65. The molecule has 0 amide bonds. The van der Waals surface area contributed by atoms with Gasteiger partial charge in [0.25, 0.3) is 0 Å². The molecule has 0 radical (unpaired) electrons. The molecule has 0 bridgehead atoms. The molecule has 0 saturated carbocycles. The quantitative estimate of drug-likeness (QED) is 0.740. The van der Waals surface area contributed by atoms with Crippen molar-refractivity contribution in [3.8, 4) is 0 Å². The fourth-order valence-electron chi connectivity index (χ4n) is 1.78. The highest BCUT2D eigenvalue weighted by Gasteiger charge is 2.33. The third-order valence-electron chi connectivity index (χ3n) is 2.57. The molecule has 3 atom stereocenters. The van der Waals surface area contributed by atoms with Crippen molar-refractivity contribution < 1.29 is 14.6 Å². The van der Waals surface area contributed by atoms with Gasteiger partial charge in [-0.25, -0.2) is 0 Å². The van der Waals surface area contributed by atoms with E-state index in [9.17, 15) is 0 Å². The smallest absolute Gasteiger partial charge is 0.161 e. The Labute approximate surface area is 82.8 Å². The summed E-state index contributed by atoms with van der Waals surface area (Å²) in [4.78, 5) is 0. The maximum absolute atomic E-state index is 8.74. The van der Waals surface area contributed by atoms with Crippen LogP contribution in [-0.4, -0.2) is 42.2 Å². The standard InChI is InChI=1S/C9H16O3S/c10-3-1-8-5-11-9(12-8)7-2-4-13-6-7/h7-10H,1-6H2. The third-order valence-corrected chi connectivity index (χ3v) is 3.76. The van der Waals surface area contributed by atoms with E-state index in [1.165, 1.54) is 12.2 Å². The minimum atomic E-state index is 0.00606. The number of rotatable bonds is 3. The Morgan fingerprint density at radius 2 is 2.38 bits per heavy atom. The van der Waals surface area contributed by atoms with Gasteiger partial charge in [-0.3, -0.25) is 0 Å². The van der Waals surface area contributed by atoms with Crippen LogP contribution in [0.1, 0.15) is 12.8 Å². The van der Waals surface area contributed by atoms with Gasteiger partial charge in [-0.05, 0) is 18.6 Å². The Morgan fingerprint density at radius 3 is 3.08 bits per heavy atom. The Kier molecular flexibility index (Phi) is 3.49. The van der Waals surface area contributed by atoms with Crippen molar-refractivity contribution in [2.24, 2.45) is 5.92 Å². The molecular weight excluding hydrogens is 188 g/mol. The molecule has 4 heteroatoms. The van der Waals surface area contributed by atoms with Gasteiger partial charge in [-0.15, -0.1) is 0 Å². The van der Waals surface area contributed by atoms with E-state index in [1.54, 1.807) is 0 Å². The number of hydrogen-bond donors (Lipinski definition) is 1. The van der Waals surface area contributed by atoms with Crippen LogP contribution >= 0.6 is 11.8 Å². The first kappa shape index (κ1) is 9.77. The minimum Gasteiger partial charge on any atom is -0.396 e. The van der Waals surface area contributed by atoms with Gasteiger partial charge in [-0.2, -0.15) is 11.8 Å². The van der Waals surface area contributed by atoms with E-state index in [1.807, 2.05) is 11.8 Å². The molecule has 0 aromatic rings. The highest BCUT2D eigenvalue weighted by molar-refractivity contribution is 7.99. The summed E-state index contributed by atoms with van der Waals surface area (Å²) in [6.07, 6.45) is 2.05. The van der Waals surface area contributed by atoms with E-state index in [2.05, 4.69) is 0 Å². The van der Waals surface area contributed by atoms with Gasteiger partial charge >= 0.3 is 0 Å². The predicted molar refractivity (Wildman–Crippen MR) is 51.7 cm³/mol. The second-order valence-corrected chi connectivity index (χ2v) is 4.75. The van der Waals surface area contributed by atoms with Crippen LogP contribution in [0.15, 0.2) is 0 Å². The van der Waals surface area contributed by atoms with E-state index in [0.717, 1.165) is 5.75 Å². The maximum atomic E-state index is 8.74. The lowest BCUT2D eigenvalue weighted by molar-refractivity contribution is -0.0915. The second-order valence-electron chi connectivity index (χ2n) is 3.60. The van der Waals surface area contributed by atoms with Crippen LogP contribution in [0.3, 0.4) is 0 Å². The highest BCUT2D eigenvalue weighted by atomic mass is 32.2. The van der Waals surface area contributed by atoms with Gasteiger partial charge in [0.2, 0.25) is 0 Å². The number of ether oxygens (including phenoxy) is 2. The van der Waals surface area contributed by atoms with E-state index in [4.69, 9.17) is 14.6 Å². The van der Waals surface area contributed by atoms with Crippen LogP contribution in [0, 0.1) is 5.92 Å². The Morgan fingerprint density at radius 1 is 1.46 bits per heavy atom. The number of aliphatic hydroxyl groups excluding tert-OH is 1. The molecule has 2 heterocycles. The minimum absolute atomic E-state index is 0.00606. The molecule has 2 fully saturated rings. The molecular formula is C9H16O3S. The first-order chi connectivity index (χ1) is 6.40. The van der Waals surface area contributed by atoms with Crippen LogP contribution < -0.4 is 0 Å². The molecule has 0 aliphatic carbocycles. The highest BCUT2D eigenvalue weighted by Crippen LogP contribution is 2.31. The molecule has 0 spiro atoms. The summed E-state index contributed by atoms with van der Waals surface area (Å²) in [6.45, 7) is 0.854. The lowest BCUT2D eigenvalue weighted by atomic mass is 10.1. The summed E-state index contributed by atoms with van der Waals surface area (Å²) in [5.41, 5.74) is 0. The van der Waals surface area contributed by atoms with Crippen molar-refractivity contribution in [2.75, 3.05) is 24.7 Å². The first-order valence-corrected chi connectivity index (χ1v) is 6.01. The zero-order chi connectivity index (χ0) is 9.10. The molecule has 2 saturated heterocycles. The van der Waals surface area contributed by atoms with Gasteiger partial charge in [0.05, 0.1) is 12.7 Å². The van der Waals surface area contributed by atoms with Crippen LogP contribution in [0.5, 0.6) is 0 Å². The normalized spacial score (nSPS) is 39.9. The average Bonchev–Trinajstić information content (AvgIpc) is 2.70. The Balaban J connectivity index is 1.76. The first-order valence-electron chi connectivity index (χ1n) is 4.86. The number of hydrogen-bond acceptors (Lipinski definition) is 4. The van der Waals surface area contributed by atoms with Crippen molar-refractivity contribution in [3.63, 3.8) is 0 Å². The van der Waals surface area contributed by atoms with Gasteiger partial charge in [0, 0.05) is 18.3 Å². The Bertz CT molecular complexity index is 159. The number of thioether (sulfide) groups is 1. The van der Waals surface area contributed by atoms with Crippen molar-refractivity contribution in [1.29, 1.82) is 0 Å². The fourth-order valence-corrected chi connectivity index (χ4v) is 3.04. The molecule has 0 aromatic heterocycles. The van der Waals surface area contributed by atoms with Gasteiger partial charge in [-0.1, -0.05) is 0 Å². The van der Waals surface area contributed by atoms with E-state index < -0.39 is 0 Å². The summed E-state index contributed by atoms with van der Waals surface area (Å²) in [5.74, 6) is 2.98. The lowest BCUT2D eigenvalue weighted by Gasteiger charge is -2.16. The van der Waals surface area contributed by atoms with E-state index in [-0.39, 0.29) is 19.0 Å². The molecule has 2 aliphatic heterocycles. The van der Waals surface area contributed by atoms with Gasteiger partial charge in [0.1, 0.15) is 0 Å². The SMILES string of the molecule is OCCC1COC(C2CCSC2)O1. The molecule has 1 N–H and O–H groups in total. The van der Waals surface area contributed by atoms with Crippen molar-refractivity contribution in [3.05, 3.63) is 0 Å². The average molecular weight is 204 g/mol. The maximum Gasteiger partial charge on any atom is 0.161 e. The van der Waals surface area contributed by atoms with Crippen molar-refractivity contribution in [1.82, 2.24) is 0 Å². The fraction of sp³-hybridized carbons (Fsp3) is 1.00. The van der Waals surface area contributed by atoms with Gasteiger partial charge < -0.3 is 14.6 Å². The van der Waals surface area contributed by atoms with Crippen molar-refractivity contribution >= 4 is 11.8 Å². The summed E-state index contributed by atoms with van der Waals surface area (Å²) >= 11 is 1.97. The van der Waals surface area contributed by atoms with Gasteiger partial charge in [0.15, 0.2) is 6.29 Å². The lowest BCUT2D eigenvalue weighted by Crippen LogP contribution is -2.22. The van der Waals surface area contributed by atoms with Crippen molar-refractivity contribution in [2.45, 2.75) is 25.2 Å². The number of aliphatic hydroxyl groups is 1. The zero-order valence-corrected chi connectivity index (χ0v) is 8.46. The molecule has 13 heavy (non-hydrogen) atoms. The summed E-state index contributed by atoms with van der Waals surface area (Å²) in [5, 5.41) is 8.74. The van der Waals surface area contributed by atoms with E-state index in [0.29, 0.717) is 18.9 Å². The molecule has 2 aliphatic rings. The molecule has 3 nitrogen and oxygen atoms in total.